The van der Waals surface area contributed by atoms with E-state index in [1.165, 1.54) is 0 Å². The van der Waals surface area contributed by atoms with Gasteiger partial charge in [-0.15, -0.1) is 0 Å². The van der Waals surface area contributed by atoms with E-state index in [0.717, 1.165) is 0 Å². The van der Waals surface area contributed by atoms with Crippen molar-refractivity contribution in [1.29, 1.82) is 0 Å². The molecule has 5 nitrogen and oxygen atoms in total. The molecule has 0 aromatic carbocycles. The van der Waals surface area contributed by atoms with Crippen LogP contribution in [0.3, 0.4) is 0 Å². The van der Waals surface area contributed by atoms with E-state index in [9.17, 15) is 4.79 Å². The van der Waals surface area contributed by atoms with Gasteiger partial charge >= 0.3 is 6.09 Å². The van der Waals surface area contributed by atoms with Crippen molar-refractivity contribution in [1.82, 2.24) is 4.90 Å². The van der Waals surface area contributed by atoms with Crippen LogP contribution in [0.5, 0.6) is 0 Å². The van der Waals surface area contributed by atoms with E-state index in [-0.39, 0.29) is 36.0 Å². The van der Waals surface area contributed by atoms with E-state index < -0.39 is 5.79 Å². The molecule has 0 unspecified atom stereocenters. The molecule has 4 atom stereocenters. The number of nitrogens with zero attached hydrogens (tertiary/aromatic N) is 1. The van der Waals surface area contributed by atoms with Gasteiger partial charge in [-0.25, -0.2) is 4.79 Å². The van der Waals surface area contributed by atoms with Gasteiger partial charge in [0.25, 0.3) is 0 Å². The summed E-state index contributed by atoms with van der Waals surface area (Å²) in [6.45, 7) is 9.78. The predicted molar refractivity (Wildman–Crippen MR) is 68.6 cm³/mol. The Morgan fingerprint density at radius 2 is 1.84 bits per heavy atom. The monoisotopic (exact) mass is 267 g/mol. The summed E-state index contributed by atoms with van der Waals surface area (Å²) in [6.07, 6.45) is 3.07. The van der Waals surface area contributed by atoms with Crippen molar-refractivity contribution < 1.29 is 19.0 Å². The number of fused-ring (bicyclic) bond motifs is 3. The highest BCUT2D eigenvalue weighted by atomic mass is 16.8. The number of rotatable bonds is 0. The third-order valence-electron chi connectivity index (χ3n) is 3.78. The number of carbonyl (C=O) groups excluding carboxylic acids is 1. The molecule has 2 saturated heterocycles. The lowest BCUT2D eigenvalue weighted by atomic mass is 9.91. The molecule has 0 radical (unpaired) electrons. The van der Waals surface area contributed by atoms with Crippen LogP contribution in [-0.4, -0.2) is 46.7 Å². The van der Waals surface area contributed by atoms with Crippen molar-refractivity contribution in [2.24, 2.45) is 0 Å². The summed E-state index contributed by atoms with van der Waals surface area (Å²) < 4.78 is 17.2. The van der Waals surface area contributed by atoms with Gasteiger partial charge in [-0.05, 0) is 34.6 Å². The number of hydrogen-bond donors (Lipinski definition) is 0. The Hall–Kier alpha value is -1.07. The van der Waals surface area contributed by atoms with Gasteiger partial charge in [0.15, 0.2) is 11.9 Å². The maximum atomic E-state index is 12.1. The summed E-state index contributed by atoms with van der Waals surface area (Å²) in [7, 11) is 0. The van der Waals surface area contributed by atoms with Crippen molar-refractivity contribution in [2.75, 3.05) is 0 Å². The maximum Gasteiger partial charge on any atom is 0.411 e. The highest BCUT2D eigenvalue weighted by Crippen LogP contribution is 2.41. The molecule has 106 valence electrons. The lowest BCUT2D eigenvalue weighted by molar-refractivity contribution is -0.151. The van der Waals surface area contributed by atoms with Gasteiger partial charge in [0.1, 0.15) is 12.2 Å². The van der Waals surface area contributed by atoms with E-state index in [1.807, 2.05) is 46.8 Å². The summed E-state index contributed by atoms with van der Waals surface area (Å²) in [4.78, 5) is 13.9. The normalized spacial score (nSPS) is 40.1. The molecule has 19 heavy (non-hydrogen) atoms. The summed E-state index contributed by atoms with van der Waals surface area (Å²) in [5.74, 6) is -0.629. The fraction of sp³-hybridized carbons (Fsp3) is 0.786. The van der Waals surface area contributed by atoms with E-state index in [4.69, 9.17) is 14.2 Å². The van der Waals surface area contributed by atoms with Gasteiger partial charge in [-0.2, -0.15) is 0 Å². The molecule has 2 fully saturated rings. The molecular formula is C14H21NO4. The van der Waals surface area contributed by atoms with Gasteiger partial charge in [-0.1, -0.05) is 12.2 Å². The van der Waals surface area contributed by atoms with Crippen LogP contribution in [0.2, 0.25) is 0 Å². The molecule has 5 heteroatoms. The van der Waals surface area contributed by atoms with Gasteiger partial charge in [-0.3, -0.25) is 4.90 Å². The summed E-state index contributed by atoms with van der Waals surface area (Å²) in [5, 5.41) is 0. The summed E-state index contributed by atoms with van der Waals surface area (Å²) in [6, 6.07) is -0.0775. The third kappa shape index (κ3) is 1.96. The highest BCUT2D eigenvalue weighted by Gasteiger charge is 2.56. The standard InChI is InChI=1S/C14H21NO4/c1-13(2,3)15-8-6-7-9-11(10(8)17-12(15)16)19-14(4,5)18-9/h6-11H,1-5H3/t8-,9-,10-,11-/m1/s1. The summed E-state index contributed by atoms with van der Waals surface area (Å²) in [5.41, 5.74) is -0.275. The average molecular weight is 267 g/mol. The lowest BCUT2D eigenvalue weighted by Crippen LogP contribution is -2.52. The SMILES string of the molecule is CC1(C)O[C@H]2[C@@H]3OC(=O)N(C(C)(C)C)[C@@H]3C=C[C@H]2O1. The van der Waals surface area contributed by atoms with Crippen molar-refractivity contribution >= 4 is 6.09 Å². The Morgan fingerprint density at radius 3 is 2.47 bits per heavy atom. The zero-order valence-corrected chi connectivity index (χ0v) is 12.0. The van der Waals surface area contributed by atoms with Gasteiger partial charge in [0.2, 0.25) is 0 Å². The molecule has 3 rings (SSSR count). The largest absolute Gasteiger partial charge is 0.441 e. The average Bonchev–Trinajstić information content (AvgIpc) is 2.71. The first kappa shape index (κ1) is 12.9. The first-order valence-corrected chi connectivity index (χ1v) is 6.73. The molecule has 0 aromatic rings. The van der Waals surface area contributed by atoms with Crippen molar-refractivity contribution in [3.05, 3.63) is 12.2 Å². The van der Waals surface area contributed by atoms with E-state index in [0.29, 0.717) is 0 Å². The molecule has 1 amide bonds. The van der Waals surface area contributed by atoms with Crippen LogP contribution in [0.25, 0.3) is 0 Å². The van der Waals surface area contributed by atoms with E-state index in [1.54, 1.807) is 4.90 Å². The number of carbonyl (C=O) groups is 1. The second-order valence-corrected chi connectivity index (χ2v) is 6.83. The smallest absolute Gasteiger partial charge is 0.411 e. The second kappa shape index (κ2) is 3.73. The Kier molecular flexibility index (Phi) is 2.54. The Bertz CT molecular complexity index is 437. The Morgan fingerprint density at radius 1 is 1.16 bits per heavy atom. The quantitative estimate of drug-likeness (QED) is 0.630. The van der Waals surface area contributed by atoms with Gasteiger partial charge in [0, 0.05) is 5.54 Å². The molecule has 1 aliphatic carbocycles. The van der Waals surface area contributed by atoms with Crippen LogP contribution in [0.4, 0.5) is 4.79 Å². The maximum absolute atomic E-state index is 12.1. The zero-order chi connectivity index (χ0) is 14.0. The molecule has 0 bridgehead atoms. The van der Waals surface area contributed by atoms with Crippen molar-refractivity contribution in [3.63, 3.8) is 0 Å². The number of hydrogen-bond acceptors (Lipinski definition) is 4. The molecule has 0 aromatic heterocycles. The minimum Gasteiger partial charge on any atom is -0.441 e. The molecule has 2 heterocycles. The fourth-order valence-corrected chi connectivity index (χ4v) is 3.13. The second-order valence-electron chi connectivity index (χ2n) is 6.83. The molecule has 0 saturated carbocycles. The van der Waals surface area contributed by atoms with Gasteiger partial charge in [0.05, 0.1) is 6.04 Å². The first-order chi connectivity index (χ1) is 8.69. The fourth-order valence-electron chi connectivity index (χ4n) is 3.13. The topological polar surface area (TPSA) is 48.0 Å². The van der Waals surface area contributed by atoms with Crippen LogP contribution in [0, 0.1) is 0 Å². The minimum atomic E-state index is -0.629. The minimum absolute atomic E-state index is 0.0775. The van der Waals surface area contributed by atoms with Crippen LogP contribution >= 0.6 is 0 Å². The number of amides is 1. The number of ether oxygens (including phenoxy) is 3. The van der Waals surface area contributed by atoms with Crippen molar-refractivity contribution in [3.8, 4) is 0 Å². The third-order valence-corrected chi connectivity index (χ3v) is 3.78. The molecule has 0 N–H and O–H groups in total. The van der Waals surface area contributed by atoms with Crippen LogP contribution in [0.15, 0.2) is 12.2 Å². The molecule has 3 aliphatic rings. The summed E-state index contributed by atoms with van der Waals surface area (Å²) >= 11 is 0. The highest BCUT2D eigenvalue weighted by molar-refractivity contribution is 5.72. The lowest BCUT2D eigenvalue weighted by Gasteiger charge is -2.36. The predicted octanol–water partition coefficient (Wildman–Crippen LogP) is 2.06. The molecular weight excluding hydrogens is 246 g/mol. The molecule has 2 aliphatic heterocycles. The molecule has 0 spiro atoms. The Balaban J connectivity index is 1.91. The Labute approximate surface area is 113 Å². The van der Waals surface area contributed by atoms with Crippen LogP contribution in [-0.2, 0) is 14.2 Å². The van der Waals surface area contributed by atoms with Crippen LogP contribution in [0.1, 0.15) is 34.6 Å². The van der Waals surface area contributed by atoms with Crippen LogP contribution < -0.4 is 0 Å². The van der Waals surface area contributed by atoms with E-state index >= 15 is 0 Å². The first-order valence-electron chi connectivity index (χ1n) is 6.73. The van der Waals surface area contributed by atoms with Crippen molar-refractivity contribution in [2.45, 2.75) is 70.3 Å². The van der Waals surface area contributed by atoms with Gasteiger partial charge < -0.3 is 14.2 Å². The van der Waals surface area contributed by atoms with E-state index in [2.05, 4.69) is 0 Å². The zero-order valence-electron chi connectivity index (χ0n) is 12.0.